The number of hydrogen-bond donors (Lipinski definition) is 1. The van der Waals surface area contributed by atoms with E-state index in [1.807, 2.05) is 18.2 Å². The number of amides is 1. The van der Waals surface area contributed by atoms with Gasteiger partial charge in [-0.1, -0.05) is 60.7 Å². The topological polar surface area (TPSA) is 70.0 Å². The molecule has 0 aliphatic heterocycles. The van der Waals surface area contributed by atoms with Gasteiger partial charge in [0.1, 0.15) is 5.69 Å². The lowest BCUT2D eigenvalue weighted by molar-refractivity contribution is -0.114. The van der Waals surface area contributed by atoms with E-state index in [9.17, 15) is 4.79 Å². The molecule has 6 nitrogen and oxygen atoms in total. The molecule has 3 rings (SSSR count). The van der Waals surface area contributed by atoms with Crippen molar-refractivity contribution in [1.82, 2.24) is 4.98 Å². The van der Waals surface area contributed by atoms with Gasteiger partial charge in [0.05, 0.1) is 25.9 Å². The first-order chi connectivity index (χ1) is 15.4. The molecule has 1 heterocycles. The summed E-state index contributed by atoms with van der Waals surface area (Å²) in [7, 11) is 0. The second-order valence-electron chi connectivity index (χ2n) is 7.43. The number of aromatic nitrogens is 1. The van der Waals surface area contributed by atoms with Gasteiger partial charge in [-0.3, -0.25) is 4.79 Å². The molecule has 0 saturated heterocycles. The highest BCUT2D eigenvalue weighted by Crippen LogP contribution is 2.38. The minimum Gasteiger partial charge on any atom is -0.372 e. The number of thiazole rings is 1. The van der Waals surface area contributed by atoms with Crippen molar-refractivity contribution in [2.24, 2.45) is 10.2 Å². The molecule has 1 aromatic heterocycles. The zero-order chi connectivity index (χ0) is 23.1. The van der Waals surface area contributed by atoms with Gasteiger partial charge in [-0.05, 0) is 43.7 Å². The molecule has 0 saturated carbocycles. The van der Waals surface area contributed by atoms with E-state index in [-0.39, 0.29) is 5.91 Å². The first kappa shape index (κ1) is 24.4. The highest BCUT2D eigenvalue weighted by molar-refractivity contribution is 7.22. The Bertz CT molecular complexity index is 1120. The van der Waals surface area contributed by atoms with Gasteiger partial charge in [0, 0.05) is 25.7 Å². The molecule has 32 heavy (non-hydrogen) atoms. The zero-order valence-corrected chi connectivity index (χ0v) is 20.8. The highest BCUT2D eigenvalue weighted by Gasteiger charge is 2.12. The van der Waals surface area contributed by atoms with Crippen LogP contribution >= 0.6 is 34.5 Å². The normalized spacial score (nSPS) is 11.4. The molecule has 0 bridgehead atoms. The molecule has 170 valence electrons. The van der Waals surface area contributed by atoms with Crippen LogP contribution in [-0.4, -0.2) is 24.0 Å². The van der Waals surface area contributed by atoms with Gasteiger partial charge in [-0.15, -0.1) is 10.2 Å². The van der Waals surface area contributed by atoms with E-state index >= 15 is 0 Å². The molecule has 0 fully saturated rings. The fraction of sp³-hybridized carbons (Fsp3) is 0.391. The molecule has 0 spiro atoms. The summed E-state index contributed by atoms with van der Waals surface area (Å²) in [5, 5.41) is 12.9. The quantitative estimate of drug-likeness (QED) is 0.228. The fourth-order valence-electron chi connectivity index (χ4n) is 3.36. The number of nitrogens with one attached hydrogen (secondary N) is 1. The number of unbranched alkanes of at least 4 members (excludes halogenated alkanes) is 3. The molecular weight excluding hydrogens is 465 g/mol. The van der Waals surface area contributed by atoms with Gasteiger partial charge in [-0.25, -0.2) is 4.98 Å². The lowest BCUT2D eigenvalue weighted by Crippen LogP contribution is -2.24. The number of halogens is 2. The molecule has 1 amide bonds. The number of anilines is 2. The fourth-order valence-corrected chi connectivity index (χ4v) is 4.68. The minimum absolute atomic E-state index is 0.161. The Kier molecular flexibility index (Phi) is 8.84. The van der Waals surface area contributed by atoms with Crippen molar-refractivity contribution in [2.45, 2.75) is 46.5 Å². The molecule has 2 aromatic carbocycles. The Morgan fingerprint density at radius 2 is 1.94 bits per heavy atom. The maximum Gasteiger partial charge on any atom is 0.231 e. The van der Waals surface area contributed by atoms with Crippen LogP contribution in [-0.2, 0) is 4.79 Å². The third kappa shape index (κ3) is 6.18. The summed E-state index contributed by atoms with van der Waals surface area (Å²) in [6.07, 6.45) is 4.82. The number of azo groups is 1. The second kappa shape index (κ2) is 11.6. The van der Waals surface area contributed by atoms with Crippen LogP contribution in [0, 0.1) is 0 Å². The summed E-state index contributed by atoms with van der Waals surface area (Å²) in [4.78, 5) is 18.5. The monoisotopic (exact) mass is 491 g/mol. The van der Waals surface area contributed by atoms with Crippen LogP contribution in [0.5, 0.6) is 0 Å². The van der Waals surface area contributed by atoms with Gasteiger partial charge >= 0.3 is 0 Å². The van der Waals surface area contributed by atoms with E-state index in [1.54, 1.807) is 12.1 Å². The smallest absolute Gasteiger partial charge is 0.231 e. The van der Waals surface area contributed by atoms with E-state index in [4.69, 9.17) is 23.2 Å². The molecule has 0 atom stereocenters. The molecule has 0 unspecified atom stereocenters. The van der Waals surface area contributed by atoms with Crippen molar-refractivity contribution in [3.05, 3.63) is 40.4 Å². The van der Waals surface area contributed by atoms with E-state index in [0.29, 0.717) is 26.6 Å². The van der Waals surface area contributed by atoms with Crippen molar-refractivity contribution in [3.63, 3.8) is 0 Å². The number of hydrogen-bond acceptors (Lipinski definition) is 6. The first-order valence-corrected chi connectivity index (χ1v) is 12.3. The first-order valence-electron chi connectivity index (χ1n) is 10.8. The van der Waals surface area contributed by atoms with Gasteiger partial charge < -0.3 is 10.2 Å². The van der Waals surface area contributed by atoms with Gasteiger partial charge in [0.25, 0.3) is 0 Å². The van der Waals surface area contributed by atoms with Crippen LogP contribution in [0.15, 0.2) is 40.6 Å². The summed E-state index contributed by atoms with van der Waals surface area (Å²) in [6.45, 7) is 7.70. The van der Waals surface area contributed by atoms with Crippen LogP contribution < -0.4 is 10.2 Å². The predicted molar refractivity (Wildman–Crippen MR) is 137 cm³/mol. The summed E-state index contributed by atoms with van der Waals surface area (Å²) in [5.41, 5.74) is 2.95. The van der Waals surface area contributed by atoms with Gasteiger partial charge in [-0.2, -0.15) is 0 Å². The molecule has 0 radical (unpaired) electrons. The second-order valence-corrected chi connectivity index (χ2v) is 9.19. The van der Waals surface area contributed by atoms with Crippen LogP contribution in [0.2, 0.25) is 10.0 Å². The van der Waals surface area contributed by atoms with Crippen LogP contribution in [0.25, 0.3) is 10.2 Å². The van der Waals surface area contributed by atoms with Crippen LogP contribution in [0.3, 0.4) is 0 Å². The van der Waals surface area contributed by atoms with Crippen molar-refractivity contribution >= 4 is 72.9 Å². The lowest BCUT2D eigenvalue weighted by atomic mass is 10.1. The number of rotatable bonds is 10. The molecule has 0 aliphatic rings. The Balaban J connectivity index is 1.85. The molecule has 1 N–H and O–H groups in total. The molecule has 0 aliphatic carbocycles. The van der Waals surface area contributed by atoms with Crippen molar-refractivity contribution in [1.29, 1.82) is 0 Å². The molecule has 9 heteroatoms. The minimum atomic E-state index is -0.161. The van der Waals surface area contributed by atoms with E-state index in [2.05, 4.69) is 39.3 Å². The lowest BCUT2D eigenvalue weighted by Gasteiger charge is -2.24. The number of nitrogens with zero attached hydrogens (tertiary/aromatic N) is 4. The third-order valence-corrected chi connectivity index (χ3v) is 6.89. The van der Waals surface area contributed by atoms with Gasteiger partial charge in [0.2, 0.25) is 11.0 Å². The Labute approximate surface area is 202 Å². The Hall–Kier alpha value is -2.22. The van der Waals surface area contributed by atoms with Crippen LogP contribution in [0.4, 0.5) is 22.2 Å². The predicted octanol–water partition coefficient (Wildman–Crippen LogP) is 8.38. The summed E-state index contributed by atoms with van der Waals surface area (Å²) >= 11 is 13.7. The van der Waals surface area contributed by atoms with Crippen molar-refractivity contribution in [2.75, 3.05) is 23.3 Å². The van der Waals surface area contributed by atoms with E-state index in [1.165, 1.54) is 37.5 Å². The number of benzene rings is 2. The van der Waals surface area contributed by atoms with E-state index < -0.39 is 0 Å². The maximum atomic E-state index is 11.8. The zero-order valence-electron chi connectivity index (χ0n) is 18.5. The van der Waals surface area contributed by atoms with Crippen molar-refractivity contribution in [3.8, 4) is 0 Å². The summed E-state index contributed by atoms with van der Waals surface area (Å²) < 4.78 is 0.771. The number of fused-ring (bicyclic) bond motifs is 1. The average molecular weight is 492 g/mol. The number of carbonyl (C=O) groups is 1. The highest BCUT2D eigenvalue weighted by atomic mass is 35.5. The largest absolute Gasteiger partial charge is 0.372 e. The standard InChI is InChI=1S/C23H27Cl2N5OS/c1-4-6-7-8-13-30(5-2)16-9-11-18(20(14-16)26-15(3)31)28-29-23-27-19-12-10-17(24)21(25)22(19)32-23/h9-12,14H,4-8,13H2,1-3H3,(H,26,31). The third-order valence-electron chi connectivity index (χ3n) is 5.00. The summed E-state index contributed by atoms with van der Waals surface area (Å²) in [5.74, 6) is -0.161. The van der Waals surface area contributed by atoms with Crippen molar-refractivity contribution < 1.29 is 4.79 Å². The number of carbonyl (C=O) groups excluding carboxylic acids is 1. The Morgan fingerprint density at radius 1 is 1.12 bits per heavy atom. The van der Waals surface area contributed by atoms with Crippen LogP contribution in [0.1, 0.15) is 46.5 Å². The Morgan fingerprint density at radius 3 is 2.66 bits per heavy atom. The van der Waals surface area contributed by atoms with E-state index in [0.717, 1.165) is 35.4 Å². The van der Waals surface area contributed by atoms with Gasteiger partial charge in [0.15, 0.2) is 0 Å². The average Bonchev–Trinajstić information content (AvgIpc) is 3.19. The summed E-state index contributed by atoms with van der Waals surface area (Å²) in [6, 6.07) is 9.35. The molecule has 3 aromatic rings. The molecular formula is C23H27Cl2N5OS. The maximum absolute atomic E-state index is 11.8. The SMILES string of the molecule is CCCCCCN(CC)c1ccc(N=Nc2nc3ccc(Cl)c(Cl)c3s2)c(NC(C)=O)c1.